The number of hydrogen-bond donors (Lipinski definition) is 3. The summed E-state index contributed by atoms with van der Waals surface area (Å²) in [5.41, 5.74) is 4.96. The van der Waals surface area contributed by atoms with Crippen LogP contribution in [0.3, 0.4) is 0 Å². The molecule has 0 unspecified atom stereocenters. The van der Waals surface area contributed by atoms with Gasteiger partial charge in [-0.15, -0.1) is 0 Å². The molecule has 0 radical (unpaired) electrons. The maximum absolute atomic E-state index is 13.3. The van der Waals surface area contributed by atoms with Gasteiger partial charge in [-0.2, -0.15) is 14.4 Å². The highest BCUT2D eigenvalue weighted by atomic mass is 19.1. The first-order valence-corrected chi connectivity index (χ1v) is 6.07. The Balaban J connectivity index is 2.04. The van der Waals surface area contributed by atoms with Gasteiger partial charge < -0.3 is 20.7 Å². The minimum absolute atomic E-state index is 0.0604. The second kappa shape index (κ2) is 4.33. The fourth-order valence-electron chi connectivity index (χ4n) is 2.31. The molecule has 2 aromatic rings. The molecule has 3 rings (SSSR count). The van der Waals surface area contributed by atoms with E-state index in [2.05, 4.69) is 15.0 Å². The average molecular weight is 283 g/mol. The standard InChI is InChI=1S/C11H14FN5O3/c1-11(3-18)5(19)2-6(20-11)17-4-14-7-8(13)15-10(12)16-9(7)17/h4-6,18-19H,2-3H2,1H3,(H2,13,15,16)/t5-,6+,11+/m0/s1. The lowest BCUT2D eigenvalue weighted by Crippen LogP contribution is -2.39. The molecule has 108 valence electrons. The van der Waals surface area contributed by atoms with Crippen molar-refractivity contribution in [3.8, 4) is 0 Å². The Morgan fingerprint density at radius 3 is 3.00 bits per heavy atom. The van der Waals surface area contributed by atoms with E-state index in [4.69, 9.17) is 10.5 Å². The van der Waals surface area contributed by atoms with E-state index in [1.807, 2.05) is 0 Å². The molecule has 0 saturated carbocycles. The predicted molar refractivity (Wildman–Crippen MR) is 65.9 cm³/mol. The molecular formula is C11H14FN5O3. The van der Waals surface area contributed by atoms with E-state index in [9.17, 15) is 14.6 Å². The fraction of sp³-hybridized carbons (Fsp3) is 0.545. The number of fused-ring (bicyclic) bond motifs is 1. The third-order valence-corrected chi connectivity index (χ3v) is 3.58. The van der Waals surface area contributed by atoms with Crippen molar-refractivity contribution in [3.05, 3.63) is 12.4 Å². The summed E-state index contributed by atoms with van der Waals surface area (Å²) in [6.45, 7) is 1.27. The van der Waals surface area contributed by atoms with Gasteiger partial charge in [0.25, 0.3) is 0 Å². The molecular weight excluding hydrogens is 269 g/mol. The number of rotatable bonds is 2. The second-order valence-electron chi connectivity index (χ2n) is 5.00. The number of aliphatic hydroxyl groups excluding tert-OH is 2. The number of aromatic nitrogens is 4. The quantitative estimate of drug-likeness (QED) is 0.640. The maximum atomic E-state index is 13.3. The normalized spacial score (nSPS) is 30.2. The molecule has 4 N–H and O–H groups in total. The fourth-order valence-corrected chi connectivity index (χ4v) is 2.31. The second-order valence-corrected chi connectivity index (χ2v) is 5.00. The molecule has 1 aliphatic heterocycles. The van der Waals surface area contributed by atoms with Crippen LogP contribution in [-0.2, 0) is 4.74 Å². The van der Waals surface area contributed by atoms with Crippen LogP contribution in [-0.4, -0.2) is 48.0 Å². The molecule has 1 saturated heterocycles. The first-order chi connectivity index (χ1) is 9.44. The van der Waals surface area contributed by atoms with Gasteiger partial charge in [0, 0.05) is 6.42 Å². The minimum Gasteiger partial charge on any atom is -0.393 e. The van der Waals surface area contributed by atoms with Crippen molar-refractivity contribution in [2.75, 3.05) is 12.3 Å². The van der Waals surface area contributed by atoms with Crippen LogP contribution in [0.25, 0.3) is 11.2 Å². The van der Waals surface area contributed by atoms with Crippen molar-refractivity contribution >= 4 is 17.0 Å². The molecule has 0 aliphatic carbocycles. The summed E-state index contributed by atoms with van der Waals surface area (Å²) in [5.74, 6) is -0.0604. The first-order valence-electron chi connectivity index (χ1n) is 6.07. The van der Waals surface area contributed by atoms with Gasteiger partial charge in [-0.25, -0.2) is 4.98 Å². The van der Waals surface area contributed by atoms with E-state index in [1.54, 1.807) is 6.92 Å². The molecule has 0 spiro atoms. The van der Waals surface area contributed by atoms with Crippen LogP contribution in [0.15, 0.2) is 6.33 Å². The Morgan fingerprint density at radius 2 is 2.35 bits per heavy atom. The van der Waals surface area contributed by atoms with Gasteiger partial charge in [0.2, 0.25) is 0 Å². The molecule has 3 heterocycles. The molecule has 3 atom stereocenters. The number of nitrogens with two attached hydrogens (primary N) is 1. The average Bonchev–Trinajstić information content (AvgIpc) is 2.92. The lowest BCUT2D eigenvalue weighted by atomic mass is 10.0. The zero-order valence-electron chi connectivity index (χ0n) is 10.7. The number of aliphatic hydroxyl groups is 2. The lowest BCUT2D eigenvalue weighted by molar-refractivity contribution is -0.115. The van der Waals surface area contributed by atoms with Gasteiger partial charge in [0.05, 0.1) is 19.0 Å². The summed E-state index contributed by atoms with van der Waals surface area (Å²) in [5, 5.41) is 19.2. The highest BCUT2D eigenvalue weighted by Crippen LogP contribution is 2.37. The molecule has 0 aromatic carbocycles. The van der Waals surface area contributed by atoms with E-state index in [0.29, 0.717) is 0 Å². The van der Waals surface area contributed by atoms with Crippen LogP contribution < -0.4 is 5.73 Å². The lowest BCUT2D eigenvalue weighted by Gasteiger charge is -2.24. The topological polar surface area (TPSA) is 119 Å². The molecule has 0 bridgehead atoms. The van der Waals surface area contributed by atoms with Gasteiger partial charge in [0.1, 0.15) is 11.8 Å². The summed E-state index contributed by atoms with van der Waals surface area (Å²) in [6.07, 6.45) is -0.788. The third-order valence-electron chi connectivity index (χ3n) is 3.58. The zero-order valence-corrected chi connectivity index (χ0v) is 10.7. The van der Waals surface area contributed by atoms with E-state index in [0.717, 1.165) is 0 Å². The predicted octanol–water partition coefficient (Wildman–Crippen LogP) is -0.422. The highest BCUT2D eigenvalue weighted by molar-refractivity contribution is 5.81. The molecule has 20 heavy (non-hydrogen) atoms. The molecule has 0 amide bonds. The minimum atomic E-state index is -1.07. The van der Waals surface area contributed by atoms with Gasteiger partial charge in [-0.05, 0) is 6.92 Å². The van der Waals surface area contributed by atoms with E-state index in [-0.39, 0.29) is 30.0 Å². The van der Waals surface area contributed by atoms with Gasteiger partial charge in [0.15, 0.2) is 17.0 Å². The van der Waals surface area contributed by atoms with Crippen LogP contribution >= 0.6 is 0 Å². The Morgan fingerprint density at radius 1 is 1.60 bits per heavy atom. The first kappa shape index (κ1) is 13.2. The number of hydrogen-bond acceptors (Lipinski definition) is 7. The number of nitrogen functional groups attached to an aromatic ring is 1. The van der Waals surface area contributed by atoms with E-state index >= 15 is 0 Å². The Hall–Kier alpha value is -1.84. The van der Waals surface area contributed by atoms with Crippen LogP contribution in [0.1, 0.15) is 19.6 Å². The number of halogens is 1. The van der Waals surface area contributed by atoms with Crippen LogP contribution in [0, 0.1) is 6.08 Å². The largest absolute Gasteiger partial charge is 0.393 e. The van der Waals surface area contributed by atoms with Gasteiger partial charge >= 0.3 is 6.08 Å². The number of anilines is 1. The van der Waals surface area contributed by atoms with E-state index < -0.39 is 24.0 Å². The highest BCUT2D eigenvalue weighted by Gasteiger charge is 2.45. The van der Waals surface area contributed by atoms with Crippen molar-refractivity contribution in [2.45, 2.75) is 31.3 Å². The Bertz CT molecular complexity index is 663. The molecule has 9 heteroatoms. The van der Waals surface area contributed by atoms with Crippen LogP contribution in [0.4, 0.5) is 10.2 Å². The van der Waals surface area contributed by atoms with Crippen molar-refractivity contribution in [3.63, 3.8) is 0 Å². The number of ether oxygens (including phenoxy) is 1. The summed E-state index contributed by atoms with van der Waals surface area (Å²) >= 11 is 0. The molecule has 1 aliphatic rings. The van der Waals surface area contributed by atoms with E-state index in [1.165, 1.54) is 10.9 Å². The Kier molecular flexibility index (Phi) is 2.85. The maximum Gasteiger partial charge on any atom is 0.312 e. The number of nitrogens with zero attached hydrogens (tertiary/aromatic N) is 4. The van der Waals surface area contributed by atoms with Gasteiger partial charge in [-0.3, -0.25) is 4.57 Å². The van der Waals surface area contributed by atoms with Crippen LogP contribution in [0.5, 0.6) is 0 Å². The smallest absolute Gasteiger partial charge is 0.312 e. The summed E-state index contributed by atoms with van der Waals surface area (Å²) in [4.78, 5) is 11.1. The van der Waals surface area contributed by atoms with Crippen LogP contribution in [0.2, 0.25) is 0 Å². The summed E-state index contributed by atoms with van der Waals surface area (Å²) in [6, 6.07) is 0. The number of imidazole rings is 1. The van der Waals surface area contributed by atoms with Crippen molar-refractivity contribution < 1.29 is 19.3 Å². The van der Waals surface area contributed by atoms with Crippen molar-refractivity contribution in [1.29, 1.82) is 0 Å². The molecule has 8 nitrogen and oxygen atoms in total. The summed E-state index contributed by atoms with van der Waals surface area (Å²) < 4.78 is 20.4. The zero-order chi connectivity index (χ0) is 14.5. The van der Waals surface area contributed by atoms with Crippen molar-refractivity contribution in [2.24, 2.45) is 0 Å². The third kappa shape index (κ3) is 1.82. The monoisotopic (exact) mass is 283 g/mol. The molecule has 1 fully saturated rings. The Labute approximate surface area is 113 Å². The van der Waals surface area contributed by atoms with Crippen molar-refractivity contribution in [1.82, 2.24) is 19.5 Å². The molecule has 2 aromatic heterocycles. The SMILES string of the molecule is C[C@]1(CO)O[C@@H](n2cnc3c(N)nc(F)nc32)C[C@@H]1O. The summed E-state index contributed by atoms with van der Waals surface area (Å²) in [7, 11) is 0. The van der Waals surface area contributed by atoms with Gasteiger partial charge in [-0.1, -0.05) is 0 Å².